The monoisotopic (exact) mass is 351 g/mol. The zero-order chi connectivity index (χ0) is 15.3. The first-order valence-corrected chi connectivity index (χ1v) is 9.25. The molecule has 0 amide bonds. The Balaban J connectivity index is 2.04. The second kappa shape index (κ2) is 7.78. The van der Waals surface area contributed by atoms with Gasteiger partial charge in [0.25, 0.3) is 0 Å². The first kappa shape index (κ1) is 17.0. The van der Waals surface area contributed by atoms with Crippen molar-refractivity contribution < 1.29 is 0 Å². The van der Waals surface area contributed by atoms with Gasteiger partial charge in [-0.3, -0.25) is 0 Å². The van der Waals surface area contributed by atoms with E-state index >= 15 is 0 Å². The molecule has 0 saturated heterocycles. The van der Waals surface area contributed by atoms with E-state index in [4.69, 9.17) is 0 Å². The van der Waals surface area contributed by atoms with E-state index in [1.807, 2.05) is 0 Å². The van der Waals surface area contributed by atoms with Gasteiger partial charge in [0.1, 0.15) is 0 Å². The molecule has 0 aliphatic heterocycles. The van der Waals surface area contributed by atoms with Crippen molar-refractivity contribution >= 4 is 15.9 Å². The molecule has 1 N–H and O–H groups in total. The van der Waals surface area contributed by atoms with Gasteiger partial charge in [-0.2, -0.15) is 0 Å². The molecule has 1 aromatic carbocycles. The lowest BCUT2D eigenvalue weighted by atomic mass is 9.65. The molecule has 1 aliphatic carbocycles. The van der Waals surface area contributed by atoms with Crippen LogP contribution in [-0.4, -0.2) is 13.1 Å². The second-order valence-corrected chi connectivity index (χ2v) is 8.28. The lowest BCUT2D eigenvalue weighted by molar-refractivity contribution is 0.116. The molecule has 0 aromatic heterocycles. The number of nitrogens with one attached hydrogen (secondary N) is 1. The van der Waals surface area contributed by atoms with Crippen molar-refractivity contribution in [3.8, 4) is 0 Å². The fraction of sp³-hybridized carbons (Fsp3) is 0.684. The Bertz CT molecular complexity index is 441. The van der Waals surface area contributed by atoms with E-state index in [0.29, 0.717) is 5.41 Å². The number of rotatable bonds is 6. The molecular weight excluding hydrogens is 322 g/mol. The van der Waals surface area contributed by atoms with E-state index in [2.05, 4.69) is 66.3 Å². The van der Waals surface area contributed by atoms with Crippen molar-refractivity contribution in [3.63, 3.8) is 0 Å². The van der Waals surface area contributed by atoms with Gasteiger partial charge in [-0.15, -0.1) is 0 Å². The molecule has 0 radical (unpaired) electrons. The van der Waals surface area contributed by atoms with Gasteiger partial charge in [0.15, 0.2) is 0 Å². The van der Waals surface area contributed by atoms with E-state index in [-0.39, 0.29) is 0 Å². The first-order chi connectivity index (χ1) is 10.0. The summed E-state index contributed by atoms with van der Waals surface area (Å²) in [7, 11) is 0. The maximum absolute atomic E-state index is 3.72. The summed E-state index contributed by atoms with van der Waals surface area (Å²) >= 11 is 3.72. The van der Waals surface area contributed by atoms with Crippen LogP contribution in [0.15, 0.2) is 28.7 Å². The standard InChI is InChI=1S/C19H30BrN/c1-4-11-21-14-16-9-10-19(2,3)13-17(16)12-15-7-5-6-8-18(15)20/h5-8,16-17,21H,4,9-14H2,1-3H3. The summed E-state index contributed by atoms with van der Waals surface area (Å²) in [6.07, 6.45) is 6.54. The molecule has 1 saturated carbocycles. The van der Waals surface area contributed by atoms with Crippen LogP contribution in [-0.2, 0) is 6.42 Å². The predicted octanol–water partition coefficient (Wildman–Crippen LogP) is 5.43. The van der Waals surface area contributed by atoms with Crippen molar-refractivity contribution in [3.05, 3.63) is 34.3 Å². The summed E-state index contributed by atoms with van der Waals surface area (Å²) in [4.78, 5) is 0. The van der Waals surface area contributed by atoms with Crippen molar-refractivity contribution in [2.45, 2.75) is 52.9 Å². The average molecular weight is 352 g/mol. The molecule has 2 heteroatoms. The molecule has 1 aromatic rings. The summed E-state index contributed by atoms with van der Waals surface area (Å²) in [5.74, 6) is 1.63. The Morgan fingerprint density at radius 1 is 1.24 bits per heavy atom. The SMILES string of the molecule is CCCNCC1CCC(C)(C)CC1Cc1ccccc1Br. The van der Waals surface area contributed by atoms with E-state index < -0.39 is 0 Å². The van der Waals surface area contributed by atoms with Gasteiger partial charge >= 0.3 is 0 Å². The summed E-state index contributed by atoms with van der Waals surface area (Å²) in [6.45, 7) is 9.47. The van der Waals surface area contributed by atoms with E-state index in [9.17, 15) is 0 Å². The quantitative estimate of drug-likeness (QED) is 0.673. The molecule has 2 atom stereocenters. The van der Waals surface area contributed by atoms with E-state index in [1.54, 1.807) is 0 Å². The Kier molecular flexibility index (Phi) is 6.31. The Hall–Kier alpha value is -0.340. The largest absolute Gasteiger partial charge is 0.316 e. The normalized spacial score (nSPS) is 25.0. The summed E-state index contributed by atoms with van der Waals surface area (Å²) in [6, 6.07) is 8.73. The van der Waals surface area contributed by atoms with Crippen LogP contribution in [0.25, 0.3) is 0 Å². The van der Waals surface area contributed by atoms with Crippen LogP contribution in [0, 0.1) is 17.3 Å². The molecule has 0 bridgehead atoms. The van der Waals surface area contributed by atoms with E-state index in [1.165, 1.54) is 48.7 Å². The average Bonchev–Trinajstić information content (AvgIpc) is 2.43. The summed E-state index contributed by atoms with van der Waals surface area (Å²) in [5, 5.41) is 3.65. The minimum absolute atomic E-state index is 0.507. The number of hydrogen-bond acceptors (Lipinski definition) is 1. The van der Waals surface area contributed by atoms with Crippen LogP contribution in [0.3, 0.4) is 0 Å². The van der Waals surface area contributed by atoms with Crippen LogP contribution in [0.5, 0.6) is 0 Å². The van der Waals surface area contributed by atoms with Crippen LogP contribution >= 0.6 is 15.9 Å². The van der Waals surface area contributed by atoms with Crippen LogP contribution in [0.1, 0.15) is 52.0 Å². The number of halogens is 1. The summed E-state index contributed by atoms with van der Waals surface area (Å²) < 4.78 is 1.27. The maximum Gasteiger partial charge on any atom is 0.0207 e. The Morgan fingerprint density at radius 3 is 2.71 bits per heavy atom. The molecule has 0 spiro atoms. The fourth-order valence-electron chi connectivity index (χ4n) is 3.71. The molecule has 118 valence electrons. The van der Waals surface area contributed by atoms with Crippen molar-refractivity contribution in [2.75, 3.05) is 13.1 Å². The third kappa shape index (κ3) is 5.10. The van der Waals surface area contributed by atoms with Gasteiger partial charge in [0, 0.05) is 4.47 Å². The van der Waals surface area contributed by atoms with Crippen molar-refractivity contribution in [2.24, 2.45) is 17.3 Å². The zero-order valence-electron chi connectivity index (χ0n) is 13.8. The highest BCUT2D eigenvalue weighted by Crippen LogP contribution is 2.43. The van der Waals surface area contributed by atoms with Crippen LogP contribution in [0.2, 0.25) is 0 Å². The smallest absolute Gasteiger partial charge is 0.0207 e. The maximum atomic E-state index is 3.72. The first-order valence-electron chi connectivity index (χ1n) is 8.46. The molecule has 1 aliphatic rings. The van der Waals surface area contributed by atoms with Gasteiger partial charge in [-0.1, -0.05) is 54.9 Å². The minimum atomic E-state index is 0.507. The minimum Gasteiger partial charge on any atom is -0.316 e. The van der Waals surface area contributed by atoms with Crippen molar-refractivity contribution in [1.82, 2.24) is 5.32 Å². The third-order valence-electron chi connectivity index (χ3n) is 4.95. The lowest BCUT2D eigenvalue weighted by Crippen LogP contribution is -2.37. The van der Waals surface area contributed by atoms with E-state index in [0.717, 1.165) is 18.4 Å². The highest BCUT2D eigenvalue weighted by molar-refractivity contribution is 9.10. The topological polar surface area (TPSA) is 12.0 Å². The molecule has 1 fully saturated rings. The molecule has 2 rings (SSSR count). The number of benzene rings is 1. The van der Waals surface area contributed by atoms with Crippen LogP contribution in [0.4, 0.5) is 0 Å². The molecule has 21 heavy (non-hydrogen) atoms. The highest BCUT2D eigenvalue weighted by Gasteiger charge is 2.34. The molecule has 0 heterocycles. The molecule has 2 unspecified atom stereocenters. The lowest BCUT2D eigenvalue weighted by Gasteiger charge is -2.41. The Morgan fingerprint density at radius 2 is 2.00 bits per heavy atom. The van der Waals surface area contributed by atoms with Gasteiger partial charge in [-0.05, 0) is 74.1 Å². The highest BCUT2D eigenvalue weighted by atomic mass is 79.9. The van der Waals surface area contributed by atoms with Crippen LogP contribution < -0.4 is 5.32 Å². The van der Waals surface area contributed by atoms with Gasteiger partial charge < -0.3 is 5.32 Å². The second-order valence-electron chi connectivity index (χ2n) is 7.43. The third-order valence-corrected chi connectivity index (χ3v) is 5.72. The fourth-order valence-corrected chi connectivity index (χ4v) is 4.16. The predicted molar refractivity (Wildman–Crippen MR) is 95.6 cm³/mol. The molecule has 1 nitrogen and oxygen atoms in total. The zero-order valence-corrected chi connectivity index (χ0v) is 15.4. The summed E-state index contributed by atoms with van der Waals surface area (Å²) in [5.41, 5.74) is 1.98. The van der Waals surface area contributed by atoms with Gasteiger partial charge in [0.05, 0.1) is 0 Å². The van der Waals surface area contributed by atoms with Crippen molar-refractivity contribution in [1.29, 1.82) is 0 Å². The number of hydrogen-bond donors (Lipinski definition) is 1. The Labute approximate surface area is 139 Å². The van der Waals surface area contributed by atoms with Gasteiger partial charge in [-0.25, -0.2) is 0 Å². The van der Waals surface area contributed by atoms with Gasteiger partial charge in [0.2, 0.25) is 0 Å². The molecular formula is C19H30BrN.